The number of Topliss-reactive ketones (excluding diaryl/α,β-unsaturated/α-hetero) is 1. The lowest BCUT2D eigenvalue weighted by molar-refractivity contribution is -0.129. The monoisotopic (exact) mass is 385 g/mol. The first-order valence-electron chi connectivity index (χ1n) is 8.43. The largest absolute Gasteiger partial charge is 0.451 e. The average molecular weight is 386 g/mol. The van der Waals surface area contributed by atoms with Gasteiger partial charge in [0.2, 0.25) is 10.0 Å². The molecule has 0 radical (unpaired) electrons. The Morgan fingerprint density at radius 3 is 2.56 bits per heavy atom. The Morgan fingerprint density at radius 2 is 1.88 bits per heavy atom. The van der Waals surface area contributed by atoms with Gasteiger partial charge in [0, 0.05) is 19.5 Å². The lowest BCUT2D eigenvalue weighted by Crippen LogP contribution is -2.30. The van der Waals surface area contributed by atoms with Gasteiger partial charge in [-0.15, -0.1) is 0 Å². The van der Waals surface area contributed by atoms with E-state index in [0.29, 0.717) is 25.9 Å². The van der Waals surface area contributed by atoms with Crippen LogP contribution in [0.25, 0.3) is 0 Å². The fraction of sp³-hybridized carbons (Fsp3) is 0.529. The van der Waals surface area contributed by atoms with Crippen molar-refractivity contribution in [1.82, 2.24) is 4.31 Å². The highest BCUT2D eigenvalue weighted by atomic mass is 35.5. The molecule has 0 spiro atoms. The molecule has 0 N–H and O–H groups in total. The van der Waals surface area contributed by atoms with Gasteiger partial charge in [0.1, 0.15) is 4.90 Å². The molecular formula is C17H20ClNO5S. The Morgan fingerprint density at radius 1 is 1.16 bits per heavy atom. The number of sulfonamides is 1. The van der Waals surface area contributed by atoms with Crippen molar-refractivity contribution < 1.29 is 22.7 Å². The number of benzene rings is 1. The van der Waals surface area contributed by atoms with Crippen LogP contribution in [-0.4, -0.2) is 43.7 Å². The zero-order valence-electron chi connectivity index (χ0n) is 13.7. The highest BCUT2D eigenvalue weighted by Crippen LogP contribution is 2.29. The van der Waals surface area contributed by atoms with Crippen LogP contribution in [0.2, 0.25) is 5.02 Å². The Hall–Kier alpha value is -1.44. The van der Waals surface area contributed by atoms with E-state index in [2.05, 4.69) is 0 Å². The zero-order valence-corrected chi connectivity index (χ0v) is 15.3. The first-order chi connectivity index (χ1) is 11.9. The van der Waals surface area contributed by atoms with E-state index >= 15 is 0 Å². The topological polar surface area (TPSA) is 80.8 Å². The third-order valence-electron chi connectivity index (χ3n) is 4.60. The molecule has 1 atom stereocenters. The van der Waals surface area contributed by atoms with Crippen LogP contribution in [0.4, 0.5) is 0 Å². The Balaban J connectivity index is 1.83. The number of carbonyl (C=O) groups is 2. The molecule has 2 fully saturated rings. The van der Waals surface area contributed by atoms with Crippen molar-refractivity contribution in [3.8, 4) is 0 Å². The van der Waals surface area contributed by atoms with Crippen molar-refractivity contribution in [3.63, 3.8) is 0 Å². The van der Waals surface area contributed by atoms with E-state index in [-0.39, 0.29) is 21.3 Å². The maximum atomic E-state index is 12.7. The molecule has 0 amide bonds. The fourth-order valence-corrected chi connectivity index (χ4v) is 5.19. The van der Waals surface area contributed by atoms with Gasteiger partial charge in [-0.2, -0.15) is 4.31 Å². The molecule has 25 heavy (non-hydrogen) atoms. The number of carbonyl (C=O) groups excluding carboxylic acids is 2. The minimum absolute atomic E-state index is 0.0668. The second-order valence-electron chi connectivity index (χ2n) is 6.36. The minimum atomic E-state index is -3.74. The van der Waals surface area contributed by atoms with Crippen LogP contribution in [0.5, 0.6) is 0 Å². The van der Waals surface area contributed by atoms with Gasteiger partial charge in [-0.3, -0.25) is 4.79 Å². The van der Waals surface area contributed by atoms with Crippen LogP contribution >= 0.6 is 11.6 Å². The van der Waals surface area contributed by atoms with E-state index < -0.39 is 22.1 Å². The Kier molecular flexibility index (Phi) is 5.46. The standard InChI is InChI=1S/C17H20ClNO5S/c18-13-8-7-12(17(21)24-15-6-2-1-5-14(15)20)11-16(13)25(22,23)19-9-3-4-10-19/h7-8,11,15H,1-6,9-10H2/t15-/m0/s1. The fourth-order valence-electron chi connectivity index (χ4n) is 3.17. The number of halogens is 1. The first kappa shape index (κ1) is 18.4. The van der Waals surface area contributed by atoms with Crippen LogP contribution in [0.1, 0.15) is 48.9 Å². The van der Waals surface area contributed by atoms with E-state index in [4.69, 9.17) is 16.3 Å². The van der Waals surface area contributed by atoms with Crippen LogP contribution in [0, 0.1) is 0 Å². The molecule has 1 aromatic rings. The summed E-state index contributed by atoms with van der Waals surface area (Å²) < 4.78 is 32.1. The quantitative estimate of drug-likeness (QED) is 0.744. The summed E-state index contributed by atoms with van der Waals surface area (Å²) in [6, 6.07) is 4.04. The summed E-state index contributed by atoms with van der Waals surface area (Å²) >= 11 is 6.07. The number of ether oxygens (including phenoxy) is 1. The molecule has 136 valence electrons. The van der Waals surface area contributed by atoms with Gasteiger partial charge in [0.15, 0.2) is 11.9 Å². The maximum absolute atomic E-state index is 12.7. The third-order valence-corrected chi connectivity index (χ3v) is 6.98. The summed E-state index contributed by atoms with van der Waals surface area (Å²) in [5.74, 6) is -0.784. The van der Waals surface area contributed by atoms with E-state index in [1.807, 2.05) is 0 Å². The normalized spacial score (nSPS) is 22.1. The number of hydrogen-bond acceptors (Lipinski definition) is 5. The molecule has 1 aliphatic carbocycles. The lowest BCUT2D eigenvalue weighted by atomic mass is 9.96. The molecule has 1 saturated carbocycles. The molecule has 0 unspecified atom stereocenters. The molecule has 3 rings (SSSR count). The second-order valence-corrected chi connectivity index (χ2v) is 8.68. The van der Waals surface area contributed by atoms with Gasteiger partial charge in [0.05, 0.1) is 10.6 Å². The molecule has 0 aromatic heterocycles. The number of rotatable bonds is 4. The van der Waals surface area contributed by atoms with Crippen LogP contribution in [0.3, 0.4) is 0 Å². The second kappa shape index (κ2) is 7.43. The number of esters is 1. The van der Waals surface area contributed by atoms with Crippen LogP contribution < -0.4 is 0 Å². The summed E-state index contributed by atoms with van der Waals surface area (Å²) in [5, 5.41) is 0.0668. The predicted octanol–water partition coefficient (Wildman–Crippen LogP) is 2.79. The molecule has 2 aliphatic rings. The van der Waals surface area contributed by atoms with Gasteiger partial charge < -0.3 is 4.74 Å². The first-order valence-corrected chi connectivity index (χ1v) is 10.2. The minimum Gasteiger partial charge on any atom is -0.451 e. The van der Waals surface area contributed by atoms with Gasteiger partial charge in [-0.1, -0.05) is 11.6 Å². The molecule has 1 saturated heterocycles. The molecule has 1 aliphatic heterocycles. The maximum Gasteiger partial charge on any atom is 0.338 e. The summed E-state index contributed by atoms with van der Waals surface area (Å²) in [6.07, 6.45) is 3.44. The Bertz CT molecular complexity index is 786. The van der Waals surface area contributed by atoms with E-state index in [1.54, 1.807) is 0 Å². The van der Waals surface area contributed by atoms with Crippen molar-refractivity contribution in [1.29, 1.82) is 0 Å². The van der Waals surface area contributed by atoms with Crippen molar-refractivity contribution in [2.45, 2.75) is 49.5 Å². The van der Waals surface area contributed by atoms with Gasteiger partial charge in [-0.05, 0) is 50.3 Å². The van der Waals surface area contributed by atoms with E-state index in [0.717, 1.165) is 25.7 Å². The van der Waals surface area contributed by atoms with Crippen LogP contribution in [0.15, 0.2) is 23.1 Å². The number of ketones is 1. The Labute approximate surface area is 152 Å². The molecule has 1 aromatic carbocycles. The summed E-state index contributed by atoms with van der Waals surface area (Å²) in [5.41, 5.74) is 0.0838. The van der Waals surface area contributed by atoms with Crippen molar-refractivity contribution in [3.05, 3.63) is 28.8 Å². The van der Waals surface area contributed by atoms with Crippen LogP contribution in [-0.2, 0) is 19.6 Å². The van der Waals surface area contributed by atoms with Crippen molar-refractivity contribution in [2.24, 2.45) is 0 Å². The lowest BCUT2D eigenvalue weighted by Gasteiger charge is -2.21. The highest BCUT2D eigenvalue weighted by Gasteiger charge is 2.31. The van der Waals surface area contributed by atoms with Crippen molar-refractivity contribution >= 4 is 33.4 Å². The zero-order chi connectivity index (χ0) is 18.0. The van der Waals surface area contributed by atoms with E-state index in [1.165, 1.54) is 22.5 Å². The summed E-state index contributed by atoms with van der Waals surface area (Å²) in [6.45, 7) is 0.897. The molecule has 8 heteroatoms. The SMILES string of the molecule is O=C(O[C@H]1CCCCC1=O)c1ccc(Cl)c(S(=O)(=O)N2CCCC2)c1. The average Bonchev–Trinajstić information content (AvgIpc) is 3.12. The smallest absolute Gasteiger partial charge is 0.338 e. The van der Waals surface area contributed by atoms with Crippen molar-refractivity contribution in [2.75, 3.05) is 13.1 Å². The van der Waals surface area contributed by atoms with Gasteiger partial charge in [0.25, 0.3) is 0 Å². The molecule has 6 nitrogen and oxygen atoms in total. The molecule has 0 bridgehead atoms. The number of hydrogen-bond donors (Lipinski definition) is 0. The predicted molar refractivity (Wildman–Crippen MR) is 92.1 cm³/mol. The number of nitrogens with zero attached hydrogens (tertiary/aromatic N) is 1. The van der Waals surface area contributed by atoms with Gasteiger partial charge >= 0.3 is 5.97 Å². The molecular weight excluding hydrogens is 366 g/mol. The highest BCUT2D eigenvalue weighted by molar-refractivity contribution is 7.89. The molecule has 1 heterocycles. The third kappa shape index (κ3) is 3.88. The van der Waals surface area contributed by atoms with E-state index in [9.17, 15) is 18.0 Å². The summed E-state index contributed by atoms with van der Waals surface area (Å²) in [7, 11) is -3.74. The van der Waals surface area contributed by atoms with Gasteiger partial charge in [-0.25, -0.2) is 13.2 Å². The summed E-state index contributed by atoms with van der Waals surface area (Å²) in [4.78, 5) is 24.1.